The Morgan fingerprint density at radius 2 is 1.88 bits per heavy atom. The fourth-order valence-electron chi connectivity index (χ4n) is 3.60. The monoisotopic (exact) mass is 476 g/mol. The molecule has 0 aliphatic rings. The van der Waals surface area contributed by atoms with Gasteiger partial charge in [0.05, 0.1) is 5.56 Å². The molecule has 0 atom stereocenters. The standard InChI is InChI=1S/C25H28F3N3O3/c1-7-16(3)15-30(5)23-17(4)21(18-9-11-20(12-10-18)34-25(26,27)28)13-19(24(23)31(6)33)14-29-22(32)8-2/h8-13,15H,2,7,14H2,1,3-6H3/p+1/b16-15+. The summed E-state index contributed by atoms with van der Waals surface area (Å²) in [6, 6.07) is 7.27. The van der Waals surface area contributed by atoms with Crippen LogP contribution >= 0.6 is 0 Å². The molecule has 0 bridgehead atoms. The number of nitroso groups, excluding NO2 is 1. The number of nitrogens with zero attached hydrogens (tertiary/aromatic N) is 2. The van der Waals surface area contributed by atoms with E-state index in [2.05, 4.69) is 16.6 Å². The predicted molar refractivity (Wildman–Crippen MR) is 127 cm³/mol. The van der Waals surface area contributed by atoms with Crippen molar-refractivity contribution in [3.8, 4) is 16.9 Å². The minimum atomic E-state index is -4.78. The molecule has 0 saturated heterocycles. The van der Waals surface area contributed by atoms with E-state index in [4.69, 9.17) is 0 Å². The molecule has 0 heterocycles. The second kappa shape index (κ2) is 11.0. The molecule has 0 spiro atoms. The van der Waals surface area contributed by atoms with Gasteiger partial charge in [-0.15, -0.1) is 13.2 Å². The van der Waals surface area contributed by atoms with Crippen molar-refractivity contribution in [2.24, 2.45) is 0 Å². The first-order valence-electron chi connectivity index (χ1n) is 10.6. The highest BCUT2D eigenvalue weighted by molar-refractivity contribution is 5.87. The summed E-state index contributed by atoms with van der Waals surface area (Å²) in [7, 11) is 3.20. The van der Waals surface area contributed by atoms with Crippen LogP contribution in [0.1, 0.15) is 31.4 Å². The fourth-order valence-corrected chi connectivity index (χ4v) is 3.60. The van der Waals surface area contributed by atoms with Crippen LogP contribution in [-0.2, 0) is 11.3 Å². The van der Waals surface area contributed by atoms with E-state index in [9.17, 15) is 22.9 Å². The van der Waals surface area contributed by atoms with Crippen molar-refractivity contribution < 1.29 is 27.5 Å². The molecule has 1 amide bonds. The van der Waals surface area contributed by atoms with Gasteiger partial charge in [-0.05, 0) is 61.2 Å². The number of halogens is 3. The highest BCUT2D eigenvalue weighted by Crippen LogP contribution is 2.41. The highest BCUT2D eigenvalue weighted by Gasteiger charge is 2.31. The maximum absolute atomic E-state index is 12.7. The van der Waals surface area contributed by atoms with Crippen LogP contribution in [0.15, 0.2) is 54.8 Å². The number of allylic oxidation sites excluding steroid dienone is 1. The average molecular weight is 477 g/mol. The Balaban J connectivity index is 2.72. The van der Waals surface area contributed by atoms with E-state index in [1.165, 1.54) is 31.3 Å². The Labute approximate surface area is 197 Å². The third-order valence-electron chi connectivity index (χ3n) is 5.28. The fraction of sp³-hybridized carbons (Fsp3) is 0.320. The number of carbonyl (C=O) groups excluding carboxylic acids is 1. The van der Waals surface area contributed by atoms with Crippen LogP contribution < -0.4 is 15.0 Å². The number of alkyl halides is 3. The summed E-state index contributed by atoms with van der Waals surface area (Å²) in [6.07, 6.45) is -0.914. The highest BCUT2D eigenvalue weighted by atomic mass is 19.4. The molecule has 182 valence electrons. The minimum absolute atomic E-state index is 0.0621. The van der Waals surface area contributed by atoms with Crippen LogP contribution in [0.2, 0.25) is 0 Å². The third-order valence-corrected chi connectivity index (χ3v) is 5.28. The molecular formula is C25H29F3N3O3+. The normalized spacial score (nSPS) is 11.7. The second-order valence-corrected chi connectivity index (χ2v) is 7.84. The van der Waals surface area contributed by atoms with E-state index in [1.54, 1.807) is 6.07 Å². The van der Waals surface area contributed by atoms with Crippen LogP contribution in [0.4, 0.5) is 24.5 Å². The number of rotatable bonds is 9. The topological polar surface area (TPSA) is 61.6 Å². The van der Waals surface area contributed by atoms with Gasteiger partial charge in [-0.2, -0.15) is 0 Å². The number of carbonyl (C=O) groups is 1. The Morgan fingerprint density at radius 1 is 1.26 bits per heavy atom. The van der Waals surface area contributed by atoms with Crippen LogP contribution in [0.3, 0.4) is 0 Å². The Kier molecular flexibility index (Phi) is 8.62. The molecule has 0 aliphatic carbocycles. The van der Waals surface area contributed by atoms with E-state index in [-0.39, 0.29) is 12.3 Å². The zero-order valence-corrected chi connectivity index (χ0v) is 19.9. The lowest BCUT2D eigenvalue weighted by atomic mass is 9.94. The number of amides is 1. The molecule has 34 heavy (non-hydrogen) atoms. The van der Waals surface area contributed by atoms with Gasteiger partial charge in [-0.3, -0.25) is 4.79 Å². The molecule has 2 aromatic carbocycles. The molecule has 0 aliphatic heterocycles. The lowest BCUT2D eigenvalue weighted by molar-refractivity contribution is -0.428. The number of nitrogens with one attached hydrogen (secondary N) is 1. The van der Waals surface area contributed by atoms with Crippen LogP contribution in [0, 0.1) is 11.8 Å². The van der Waals surface area contributed by atoms with Crippen molar-refractivity contribution in [2.75, 3.05) is 19.0 Å². The van der Waals surface area contributed by atoms with Crippen molar-refractivity contribution in [2.45, 2.75) is 40.1 Å². The summed E-state index contributed by atoms with van der Waals surface area (Å²) in [6.45, 7) is 9.34. The zero-order chi connectivity index (χ0) is 25.6. The molecule has 0 saturated carbocycles. The van der Waals surface area contributed by atoms with E-state index < -0.39 is 12.3 Å². The van der Waals surface area contributed by atoms with E-state index in [1.807, 2.05) is 38.9 Å². The number of ether oxygens (including phenoxy) is 1. The predicted octanol–water partition coefficient (Wildman–Crippen LogP) is 6.15. The summed E-state index contributed by atoms with van der Waals surface area (Å²) in [5.74, 6) is -0.728. The molecule has 0 radical (unpaired) electrons. The van der Waals surface area contributed by atoms with Crippen molar-refractivity contribution in [1.82, 2.24) is 5.32 Å². The first-order valence-corrected chi connectivity index (χ1v) is 10.6. The average Bonchev–Trinajstić information content (AvgIpc) is 2.76. The molecule has 0 fully saturated rings. The van der Waals surface area contributed by atoms with E-state index in [0.717, 1.165) is 28.4 Å². The Hall–Kier alpha value is -3.62. The smallest absolute Gasteiger partial charge is 0.406 e. The summed E-state index contributed by atoms with van der Waals surface area (Å²) in [5, 5.41) is 2.69. The third kappa shape index (κ3) is 6.69. The molecule has 0 aromatic heterocycles. The van der Waals surface area contributed by atoms with E-state index in [0.29, 0.717) is 28.1 Å². The summed E-state index contributed by atoms with van der Waals surface area (Å²) in [4.78, 5) is 26.3. The van der Waals surface area contributed by atoms with Gasteiger partial charge >= 0.3 is 6.36 Å². The quantitative estimate of drug-likeness (QED) is 0.348. The number of benzene rings is 2. The molecule has 2 rings (SSSR count). The Bertz CT molecular complexity index is 1110. The number of hydrogen-bond donors (Lipinski definition) is 1. The van der Waals surface area contributed by atoms with Gasteiger partial charge in [0.25, 0.3) is 5.69 Å². The Morgan fingerprint density at radius 3 is 2.38 bits per heavy atom. The first-order chi connectivity index (χ1) is 15.9. The lowest BCUT2D eigenvalue weighted by Crippen LogP contribution is -2.22. The van der Waals surface area contributed by atoms with Gasteiger partial charge < -0.3 is 15.0 Å². The number of anilines is 1. The van der Waals surface area contributed by atoms with Gasteiger partial charge in [0.2, 0.25) is 5.91 Å². The maximum Gasteiger partial charge on any atom is 0.573 e. The minimum Gasteiger partial charge on any atom is -0.406 e. The van der Waals surface area contributed by atoms with Gasteiger partial charge in [0.1, 0.15) is 11.4 Å². The van der Waals surface area contributed by atoms with Gasteiger partial charge in [-0.1, -0.05) is 31.2 Å². The molecule has 0 unspecified atom stereocenters. The SMILES string of the molecule is C=CC(=O)NCc1cc(-c2ccc(OC(F)(F)F)cc2)c(C)c(N(C)/C=C(\C)CC)c1[N+](C)=O. The van der Waals surface area contributed by atoms with Gasteiger partial charge in [0, 0.05) is 29.5 Å². The van der Waals surface area contributed by atoms with Crippen LogP contribution in [-0.4, -0.2) is 31.1 Å². The van der Waals surface area contributed by atoms with Crippen LogP contribution in [0.25, 0.3) is 11.1 Å². The number of hydrogen-bond acceptors (Lipinski definition) is 4. The van der Waals surface area contributed by atoms with Crippen molar-refractivity contribution >= 4 is 17.3 Å². The van der Waals surface area contributed by atoms with Crippen molar-refractivity contribution in [3.05, 3.63) is 70.8 Å². The first kappa shape index (κ1) is 26.6. The van der Waals surface area contributed by atoms with Crippen molar-refractivity contribution in [3.63, 3.8) is 0 Å². The van der Waals surface area contributed by atoms with Gasteiger partial charge in [-0.25, -0.2) is 0 Å². The summed E-state index contributed by atoms with van der Waals surface area (Å²) >= 11 is 0. The van der Waals surface area contributed by atoms with Gasteiger partial charge in [0.15, 0.2) is 7.05 Å². The molecular weight excluding hydrogens is 447 g/mol. The van der Waals surface area contributed by atoms with Crippen LogP contribution in [0.5, 0.6) is 5.75 Å². The molecule has 6 nitrogen and oxygen atoms in total. The molecule has 1 N–H and O–H groups in total. The second-order valence-electron chi connectivity index (χ2n) is 7.84. The summed E-state index contributed by atoms with van der Waals surface area (Å²) in [5.41, 5.74) is 4.73. The zero-order valence-electron chi connectivity index (χ0n) is 19.9. The summed E-state index contributed by atoms with van der Waals surface area (Å²) < 4.78 is 42.4. The largest absolute Gasteiger partial charge is 0.573 e. The lowest BCUT2D eigenvalue weighted by Gasteiger charge is -2.22. The molecule has 2 aromatic rings. The maximum atomic E-state index is 12.7. The van der Waals surface area contributed by atoms with Crippen molar-refractivity contribution in [1.29, 1.82) is 0 Å². The van der Waals surface area contributed by atoms with E-state index >= 15 is 0 Å². The molecule has 9 heteroatoms.